The van der Waals surface area contributed by atoms with E-state index in [4.69, 9.17) is 0 Å². The van der Waals surface area contributed by atoms with Gasteiger partial charge in [-0.3, -0.25) is 0 Å². The molecule has 1 aliphatic rings. The van der Waals surface area contributed by atoms with Gasteiger partial charge in [-0.05, 0) is 18.4 Å². The molecule has 2 rings (SSSR count). The summed E-state index contributed by atoms with van der Waals surface area (Å²) < 4.78 is 0. The standard InChI is InChI=1S/C13H18O2/c14-12-8-4-5-9-13(12,15)10-11-6-2-1-3-7-11/h1-3,6-7,12,14-15H,4-5,8-10H2/t12-,13-/m1/s1. The highest BCUT2D eigenvalue weighted by atomic mass is 16.3. The molecular formula is C13H18O2. The van der Waals surface area contributed by atoms with Gasteiger partial charge in [0.1, 0.15) is 0 Å². The van der Waals surface area contributed by atoms with Gasteiger partial charge < -0.3 is 10.2 Å². The summed E-state index contributed by atoms with van der Waals surface area (Å²) in [6, 6.07) is 9.89. The first-order chi connectivity index (χ1) is 7.21. The van der Waals surface area contributed by atoms with Gasteiger partial charge in [-0.15, -0.1) is 0 Å². The Labute approximate surface area is 90.6 Å². The van der Waals surface area contributed by atoms with E-state index in [1.165, 1.54) is 0 Å². The molecule has 82 valence electrons. The minimum atomic E-state index is -0.903. The summed E-state index contributed by atoms with van der Waals surface area (Å²) in [4.78, 5) is 0. The minimum absolute atomic E-state index is 0.563. The van der Waals surface area contributed by atoms with Crippen LogP contribution in [0.5, 0.6) is 0 Å². The number of aliphatic hydroxyl groups is 2. The van der Waals surface area contributed by atoms with E-state index in [1.54, 1.807) is 0 Å². The van der Waals surface area contributed by atoms with E-state index in [2.05, 4.69) is 0 Å². The van der Waals surface area contributed by atoms with E-state index in [-0.39, 0.29) is 0 Å². The molecule has 2 heteroatoms. The average molecular weight is 206 g/mol. The number of aliphatic hydroxyl groups excluding tert-OH is 1. The molecule has 0 spiro atoms. The predicted molar refractivity (Wildman–Crippen MR) is 59.6 cm³/mol. The molecule has 0 unspecified atom stereocenters. The summed E-state index contributed by atoms with van der Waals surface area (Å²) in [6.07, 6.45) is 3.48. The second kappa shape index (κ2) is 4.33. The van der Waals surface area contributed by atoms with Gasteiger partial charge in [0, 0.05) is 6.42 Å². The normalized spacial score (nSPS) is 31.5. The van der Waals surface area contributed by atoms with Gasteiger partial charge in [0.15, 0.2) is 0 Å². The van der Waals surface area contributed by atoms with Crippen LogP contribution in [0.1, 0.15) is 31.2 Å². The van der Waals surface area contributed by atoms with E-state index in [1.807, 2.05) is 30.3 Å². The maximum atomic E-state index is 10.3. The summed E-state index contributed by atoms with van der Waals surface area (Å²) in [5.74, 6) is 0. The van der Waals surface area contributed by atoms with Gasteiger partial charge in [0.05, 0.1) is 11.7 Å². The zero-order valence-corrected chi connectivity index (χ0v) is 8.89. The SMILES string of the molecule is O[C@@H]1CCCC[C@@]1(O)Cc1ccccc1. The first-order valence-corrected chi connectivity index (χ1v) is 5.65. The fourth-order valence-electron chi connectivity index (χ4n) is 2.36. The molecule has 2 atom stereocenters. The van der Waals surface area contributed by atoms with Crippen LogP contribution in [0.15, 0.2) is 30.3 Å². The lowest BCUT2D eigenvalue weighted by molar-refractivity contribution is -0.0988. The molecule has 15 heavy (non-hydrogen) atoms. The fraction of sp³-hybridized carbons (Fsp3) is 0.538. The third-order valence-electron chi connectivity index (χ3n) is 3.31. The smallest absolute Gasteiger partial charge is 0.0945 e. The summed E-state index contributed by atoms with van der Waals surface area (Å²) in [5, 5.41) is 20.2. The number of rotatable bonds is 2. The number of benzene rings is 1. The van der Waals surface area contributed by atoms with E-state index in [0.717, 1.165) is 24.8 Å². The van der Waals surface area contributed by atoms with Crippen molar-refractivity contribution >= 4 is 0 Å². The lowest BCUT2D eigenvalue weighted by Crippen LogP contribution is -2.46. The molecular weight excluding hydrogens is 188 g/mol. The van der Waals surface area contributed by atoms with Crippen molar-refractivity contribution in [2.45, 2.75) is 43.8 Å². The van der Waals surface area contributed by atoms with Crippen LogP contribution >= 0.6 is 0 Å². The molecule has 1 aliphatic carbocycles. The van der Waals surface area contributed by atoms with E-state index in [9.17, 15) is 10.2 Å². The highest BCUT2D eigenvalue weighted by Crippen LogP contribution is 2.31. The van der Waals surface area contributed by atoms with Crippen molar-refractivity contribution in [2.75, 3.05) is 0 Å². The monoisotopic (exact) mass is 206 g/mol. The molecule has 0 radical (unpaired) electrons. The zero-order chi connectivity index (χ0) is 10.7. The Bertz CT molecular complexity index is 310. The van der Waals surface area contributed by atoms with Crippen LogP contribution in [-0.4, -0.2) is 21.9 Å². The van der Waals surface area contributed by atoms with E-state index in [0.29, 0.717) is 12.8 Å². The second-order valence-corrected chi connectivity index (χ2v) is 4.53. The van der Waals surface area contributed by atoms with Crippen LogP contribution in [0.4, 0.5) is 0 Å². The molecule has 0 aliphatic heterocycles. The quantitative estimate of drug-likeness (QED) is 0.775. The fourth-order valence-corrected chi connectivity index (χ4v) is 2.36. The van der Waals surface area contributed by atoms with Crippen LogP contribution < -0.4 is 0 Å². The molecule has 1 aromatic carbocycles. The molecule has 1 aromatic rings. The average Bonchev–Trinajstić information content (AvgIpc) is 2.24. The summed E-state index contributed by atoms with van der Waals surface area (Å²) >= 11 is 0. The Morgan fingerprint density at radius 2 is 1.93 bits per heavy atom. The summed E-state index contributed by atoms with van der Waals surface area (Å²) in [5.41, 5.74) is 0.195. The van der Waals surface area contributed by atoms with Gasteiger partial charge in [-0.25, -0.2) is 0 Å². The van der Waals surface area contributed by atoms with Crippen LogP contribution in [-0.2, 0) is 6.42 Å². The Morgan fingerprint density at radius 3 is 2.60 bits per heavy atom. The molecule has 0 amide bonds. The van der Waals surface area contributed by atoms with E-state index >= 15 is 0 Å². The molecule has 0 bridgehead atoms. The maximum absolute atomic E-state index is 10.3. The Balaban J connectivity index is 2.09. The van der Waals surface area contributed by atoms with Crippen molar-refractivity contribution in [3.8, 4) is 0 Å². The molecule has 1 fully saturated rings. The third kappa shape index (κ3) is 2.39. The predicted octanol–water partition coefficient (Wildman–Crippen LogP) is 1.90. The highest BCUT2D eigenvalue weighted by Gasteiger charge is 2.37. The van der Waals surface area contributed by atoms with Gasteiger partial charge in [0.25, 0.3) is 0 Å². The second-order valence-electron chi connectivity index (χ2n) is 4.53. The van der Waals surface area contributed by atoms with Crippen LogP contribution in [0.3, 0.4) is 0 Å². The van der Waals surface area contributed by atoms with Crippen molar-refractivity contribution < 1.29 is 10.2 Å². The van der Waals surface area contributed by atoms with Crippen molar-refractivity contribution in [3.05, 3.63) is 35.9 Å². The maximum Gasteiger partial charge on any atom is 0.0945 e. The molecule has 0 heterocycles. The van der Waals surface area contributed by atoms with Gasteiger partial charge >= 0.3 is 0 Å². The summed E-state index contributed by atoms with van der Waals surface area (Å²) in [6.45, 7) is 0. The van der Waals surface area contributed by atoms with Gasteiger partial charge in [0.2, 0.25) is 0 Å². The third-order valence-corrected chi connectivity index (χ3v) is 3.31. The molecule has 1 saturated carbocycles. The van der Waals surface area contributed by atoms with Gasteiger partial charge in [-0.1, -0.05) is 43.2 Å². The lowest BCUT2D eigenvalue weighted by Gasteiger charge is -2.37. The largest absolute Gasteiger partial charge is 0.390 e. The minimum Gasteiger partial charge on any atom is -0.390 e. The Hall–Kier alpha value is -0.860. The van der Waals surface area contributed by atoms with Crippen molar-refractivity contribution in [1.29, 1.82) is 0 Å². The molecule has 0 aromatic heterocycles. The van der Waals surface area contributed by atoms with Crippen molar-refractivity contribution in [3.63, 3.8) is 0 Å². The first kappa shape index (κ1) is 10.7. The van der Waals surface area contributed by atoms with Crippen LogP contribution in [0.25, 0.3) is 0 Å². The Kier molecular flexibility index (Phi) is 3.08. The topological polar surface area (TPSA) is 40.5 Å². The zero-order valence-electron chi connectivity index (χ0n) is 8.89. The van der Waals surface area contributed by atoms with Crippen LogP contribution in [0, 0.1) is 0 Å². The molecule has 2 N–H and O–H groups in total. The highest BCUT2D eigenvalue weighted by molar-refractivity contribution is 5.18. The summed E-state index contributed by atoms with van der Waals surface area (Å²) in [7, 11) is 0. The van der Waals surface area contributed by atoms with Crippen molar-refractivity contribution in [1.82, 2.24) is 0 Å². The molecule has 2 nitrogen and oxygen atoms in total. The Morgan fingerprint density at radius 1 is 1.20 bits per heavy atom. The number of hydrogen-bond acceptors (Lipinski definition) is 2. The molecule has 0 saturated heterocycles. The lowest BCUT2D eigenvalue weighted by atomic mass is 9.78. The van der Waals surface area contributed by atoms with Crippen LogP contribution in [0.2, 0.25) is 0 Å². The first-order valence-electron chi connectivity index (χ1n) is 5.65. The number of hydrogen-bond donors (Lipinski definition) is 2. The van der Waals surface area contributed by atoms with Crippen molar-refractivity contribution in [2.24, 2.45) is 0 Å². The van der Waals surface area contributed by atoms with Gasteiger partial charge in [-0.2, -0.15) is 0 Å². The van der Waals surface area contributed by atoms with E-state index < -0.39 is 11.7 Å².